The lowest BCUT2D eigenvalue weighted by Gasteiger charge is -2.27. The second kappa shape index (κ2) is 9.39. The summed E-state index contributed by atoms with van der Waals surface area (Å²) in [6.07, 6.45) is 1.34. The van der Waals surface area contributed by atoms with Gasteiger partial charge in [0.05, 0.1) is 16.4 Å². The molecule has 0 aliphatic carbocycles. The number of aryl methyl sites for hydroxylation is 2. The van der Waals surface area contributed by atoms with Crippen molar-refractivity contribution in [3.63, 3.8) is 0 Å². The fraction of sp³-hybridized carbons (Fsp3) is 0.182. The predicted octanol–water partition coefficient (Wildman–Crippen LogP) is 3.05. The van der Waals surface area contributed by atoms with Crippen LogP contribution in [0.25, 0.3) is 6.08 Å². The van der Waals surface area contributed by atoms with E-state index in [0.717, 1.165) is 16.0 Å². The Morgan fingerprint density at radius 3 is 2.38 bits per heavy atom. The van der Waals surface area contributed by atoms with Gasteiger partial charge in [0.1, 0.15) is 5.57 Å². The minimum absolute atomic E-state index is 0.226. The molecule has 1 aliphatic heterocycles. The van der Waals surface area contributed by atoms with Crippen LogP contribution in [-0.4, -0.2) is 42.6 Å². The summed E-state index contributed by atoms with van der Waals surface area (Å²) in [6.45, 7) is 3.13. The Kier molecular flexibility index (Phi) is 6.82. The molecule has 166 valence electrons. The Balaban J connectivity index is 2.02. The average Bonchev–Trinajstić information content (AvgIpc) is 2.68. The van der Waals surface area contributed by atoms with Gasteiger partial charge < -0.3 is 14.6 Å². The highest BCUT2D eigenvalue weighted by Gasteiger charge is 2.37. The van der Waals surface area contributed by atoms with Crippen molar-refractivity contribution in [2.75, 3.05) is 18.6 Å². The average molecular weight is 550 g/mol. The molecule has 0 atom stereocenters. The van der Waals surface area contributed by atoms with E-state index in [-0.39, 0.29) is 17.1 Å². The van der Waals surface area contributed by atoms with Gasteiger partial charge in [0.2, 0.25) is 0 Å². The van der Waals surface area contributed by atoms with E-state index in [1.165, 1.54) is 19.3 Å². The van der Waals surface area contributed by atoms with E-state index >= 15 is 0 Å². The molecule has 1 heterocycles. The topological polar surface area (TPSA) is 122 Å². The Labute approximate surface area is 197 Å². The number of anilines is 1. The fourth-order valence-electron chi connectivity index (χ4n) is 3.24. The summed E-state index contributed by atoms with van der Waals surface area (Å²) in [5.74, 6) is -2.26. The van der Waals surface area contributed by atoms with Crippen LogP contribution >= 0.6 is 22.6 Å². The van der Waals surface area contributed by atoms with Gasteiger partial charge in [-0.2, -0.15) is 0 Å². The molecule has 10 heteroatoms. The summed E-state index contributed by atoms with van der Waals surface area (Å²) in [5.41, 5.74) is 2.27. The molecule has 1 aliphatic rings. The van der Waals surface area contributed by atoms with Crippen molar-refractivity contribution in [1.29, 1.82) is 0 Å². The molecule has 4 amide bonds. The van der Waals surface area contributed by atoms with Gasteiger partial charge in [-0.3, -0.25) is 14.9 Å². The van der Waals surface area contributed by atoms with E-state index in [9.17, 15) is 19.2 Å². The van der Waals surface area contributed by atoms with Crippen LogP contribution in [0.2, 0.25) is 0 Å². The van der Waals surface area contributed by atoms with Crippen LogP contribution in [0.3, 0.4) is 0 Å². The lowest BCUT2D eigenvalue weighted by molar-refractivity contribution is -0.139. The lowest BCUT2D eigenvalue weighted by Crippen LogP contribution is -2.54. The van der Waals surface area contributed by atoms with Crippen LogP contribution in [0, 0.1) is 17.4 Å². The van der Waals surface area contributed by atoms with E-state index in [0.29, 0.717) is 14.8 Å². The number of imide groups is 2. The van der Waals surface area contributed by atoms with Crippen LogP contribution in [-0.2, 0) is 14.4 Å². The smallest absolute Gasteiger partial charge is 0.341 e. The molecular weight excluding hydrogens is 531 g/mol. The number of carbonyl (C=O) groups excluding carboxylic acids is 3. The summed E-state index contributed by atoms with van der Waals surface area (Å²) in [5, 5.41) is 11.0. The molecule has 0 bridgehead atoms. The highest BCUT2D eigenvalue weighted by Crippen LogP contribution is 2.35. The number of benzene rings is 2. The van der Waals surface area contributed by atoms with Gasteiger partial charge in [0.15, 0.2) is 18.1 Å². The zero-order chi connectivity index (χ0) is 23.6. The number of hydrogen-bond donors (Lipinski definition) is 2. The molecule has 3 rings (SSSR count). The van der Waals surface area contributed by atoms with Crippen LogP contribution in [0.15, 0.2) is 35.9 Å². The van der Waals surface area contributed by atoms with Gasteiger partial charge in [-0.05, 0) is 83.5 Å². The van der Waals surface area contributed by atoms with Crippen molar-refractivity contribution >= 4 is 58.2 Å². The summed E-state index contributed by atoms with van der Waals surface area (Å²) < 4.78 is 11.1. The maximum Gasteiger partial charge on any atom is 0.341 e. The summed E-state index contributed by atoms with van der Waals surface area (Å²) in [4.78, 5) is 49.7. The van der Waals surface area contributed by atoms with Crippen LogP contribution in [0.1, 0.15) is 16.7 Å². The Morgan fingerprint density at radius 1 is 1.12 bits per heavy atom. The van der Waals surface area contributed by atoms with E-state index in [2.05, 4.69) is 5.32 Å². The second-order valence-corrected chi connectivity index (χ2v) is 8.18. The van der Waals surface area contributed by atoms with Crippen LogP contribution < -0.4 is 19.7 Å². The summed E-state index contributed by atoms with van der Waals surface area (Å²) >= 11 is 1.93. The van der Waals surface area contributed by atoms with Gasteiger partial charge in [0, 0.05) is 0 Å². The molecule has 32 heavy (non-hydrogen) atoms. The van der Waals surface area contributed by atoms with Gasteiger partial charge in [0.25, 0.3) is 11.8 Å². The third kappa shape index (κ3) is 4.90. The first-order valence-corrected chi connectivity index (χ1v) is 10.4. The number of barbiturate groups is 1. The molecular formula is C22H19IN2O7. The molecule has 0 aromatic heterocycles. The van der Waals surface area contributed by atoms with E-state index in [1.807, 2.05) is 42.5 Å². The number of aliphatic carboxylic acids is 1. The van der Waals surface area contributed by atoms with Gasteiger partial charge in [-0.1, -0.05) is 6.07 Å². The van der Waals surface area contributed by atoms with E-state index in [4.69, 9.17) is 14.6 Å². The number of carbonyl (C=O) groups is 4. The second-order valence-electron chi connectivity index (χ2n) is 7.02. The first-order chi connectivity index (χ1) is 15.1. The van der Waals surface area contributed by atoms with Crippen LogP contribution in [0.5, 0.6) is 11.5 Å². The third-order valence-electron chi connectivity index (χ3n) is 4.47. The molecule has 9 nitrogen and oxygen atoms in total. The number of ether oxygens (including phenoxy) is 2. The number of rotatable bonds is 6. The highest BCUT2D eigenvalue weighted by atomic mass is 127. The number of hydrogen-bond acceptors (Lipinski definition) is 6. The van der Waals surface area contributed by atoms with Gasteiger partial charge >= 0.3 is 12.0 Å². The van der Waals surface area contributed by atoms with Crippen molar-refractivity contribution in [3.05, 3.63) is 56.2 Å². The van der Waals surface area contributed by atoms with Gasteiger partial charge in [-0.25, -0.2) is 14.5 Å². The molecule has 0 saturated carbocycles. The number of carboxylic acids is 1. The maximum atomic E-state index is 13.1. The maximum absolute atomic E-state index is 13.1. The molecule has 2 aromatic carbocycles. The summed E-state index contributed by atoms with van der Waals surface area (Å²) in [7, 11) is 1.38. The first-order valence-electron chi connectivity index (χ1n) is 9.32. The van der Waals surface area contributed by atoms with E-state index in [1.54, 1.807) is 18.2 Å². The number of carboxylic acid groups (broad SMARTS) is 1. The largest absolute Gasteiger partial charge is 0.493 e. The standard InChI is InChI=1S/C22H19IN2O7/c1-11-4-12(2)6-14(5-11)25-21(29)15(20(28)24-22(25)30)7-13-8-16(23)19(17(9-13)31-3)32-10-18(26)27/h4-9H,10H2,1-3H3,(H,26,27)(H,24,28,30)/b15-7+. The van der Waals surface area contributed by atoms with Crippen molar-refractivity contribution in [1.82, 2.24) is 5.32 Å². The lowest BCUT2D eigenvalue weighted by atomic mass is 10.0. The zero-order valence-corrected chi connectivity index (χ0v) is 19.6. The molecule has 0 spiro atoms. The number of amides is 4. The SMILES string of the molecule is COc1cc(/C=C2\C(=O)NC(=O)N(c3cc(C)cc(C)c3)C2=O)cc(I)c1OCC(=O)O. The quantitative estimate of drug-likeness (QED) is 0.322. The monoisotopic (exact) mass is 550 g/mol. The van der Waals surface area contributed by atoms with Crippen molar-refractivity contribution in [2.24, 2.45) is 0 Å². The Hall–Kier alpha value is -3.41. The summed E-state index contributed by atoms with van der Waals surface area (Å²) in [6, 6.07) is 7.54. The Bertz CT molecular complexity index is 1150. The number of urea groups is 1. The van der Waals surface area contributed by atoms with Crippen molar-refractivity contribution < 1.29 is 33.8 Å². The predicted molar refractivity (Wildman–Crippen MR) is 124 cm³/mol. The van der Waals surface area contributed by atoms with Crippen LogP contribution in [0.4, 0.5) is 10.5 Å². The molecule has 1 fully saturated rings. The zero-order valence-electron chi connectivity index (χ0n) is 17.4. The Morgan fingerprint density at radius 2 is 1.78 bits per heavy atom. The molecule has 2 aromatic rings. The normalized spacial score (nSPS) is 15.1. The number of methoxy groups -OCH3 is 1. The minimum atomic E-state index is -1.14. The number of nitrogens with zero attached hydrogens (tertiary/aromatic N) is 1. The number of halogens is 1. The van der Waals surface area contributed by atoms with Crippen molar-refractivity contribution in [2.45, 2.75) is 13.8 Å². The first kappa shape index (κ1) is 23.3. The third-order valence-corrected chi connectivity index (χ3v) is 5.27. The molecule has 2 N–H and O–H groups in total. The fourth-order valence-corrected chi connectivity index (χ4v) is 4.02. The van der Waals surface area contributed by atoms with E-state index < -0.39 is 30.4 Å². The molecule has 0 radical (unpaired) electrons. The number of nitrogens with one attached hydrogen (secondary N) is 1. The van der Waals surface area contributed by atoms with Gasteiger partial charge in [-0.15, -0.1) is 0 Å². The van der Waals surface area contributed by atoms with Crippen molar-refractivity contribution in [3.8, 4) is 11.5 Å². The highest BCUT2D eigenvalue weighted by molar-refractivity contribution is 14.1. The molecule has 1 saturated heterocycles. The molecule has 0 unspecified atom stereocenters. The minimum Gasteiger partial charge on any atom is -0.493 e.